The number of amides is 1. The molecular formula is C15H19N3O4. The molecule has 0 radical (unpaired) electrons. The number of hydrogen-bond acceptors (Lipinski definition) is 5. The first kappa shape index (κ1) is 14.8. The van der Waals surface area contributed by atoms with E-state index in [1.165, 1.54) is 31.7 Å². The third-order valence-corrected chi connectivity index (χ3v) is 4.50. The molecule has 0 saturated carbocycles. The Morgan fingerprint density at radius 1 is 1.36 bits per heavy atom. The minimum Gasteiger partial charge on any atom is -0.490 e. The highest BCUT2D eigenvalue weighted by atomic mass is 16.6. The lowest BCUT2D eigenvalue weighted by Gasteiger charge is -2.37. The fraction of sp³-hybridized carbons (Fsp3) is 0.533. The van der Waals surface area contributed by atoms with Gasteiger partial charge in [-0.05, 0) is 25.5 Å². The maximum atomic E-state index is 12.6. The van der Waals surface area contributed by atoms with Crippen LogP contribution in [0, 0.1) is 10.1 Å². The van der Waals surface area contributed by atoms with Crippen LogP contribution in [0.4, 0.5) is 5.69 Å². The van der Waals surface area contributed by atoms with E-state index in [0.29, 0.717) is 18.2 Å². The number of fused-ring (bicyclic) bond motifs is 1. The second-order valence-corrected chi connectivity index (χ2v) is 5.73. The van der Waals surface area contributed by atoms with Crippen molar-refractivity contribution in [2.45, 2.75) is 18.9 Å². The number of hydrogen-bond donors (Lipinski definition) is 0. The molecule has 1 atom stereocenters. The van der Waals surface area contributed by atoms with Crippen molar-refractivity contribution in [2.24, 2.45) is 0 Å². The highest BCUT2D eigenvalue weighted by Crippen LogP contribution is 2.29. The Balaban J connectivity index is 1.78. The Morgan fingerprint density at radius 3 is 2.91 bits per heavy atom. The summed E-state index contributed by atoms with van der Waals surface area (Å²) in [5.41, 5.74) is 0.313. The summed E-state index contributed by atoms with van der Waals surface area (Å²) in [6, 6.07) is 4.75. The summed E-state index contributed by atoms with van der Waals surface area (Å²) in [5, 5.41) is 10.9. The van der Waals surface area contributed by atoms with Crippen molar-refractivity contribution in [1.82, 2.24) is 9.80 Å². The molecule has 118 valence electrons. The zero-order chi connectivity index (χ0) is 15.7. The predicted octanol–water partition coefficient (Wildman–Crippen LogP) is 1.52. The largest absolute Gasteiger partial charge is 0.490 e. The molecule has 2 aliphatic heterocycles. The summed E-state index contributed by atoms with van der Waals surface area (Å²) in [4.78, 5) is 27.3. The fourth-order valence-corrected chi connectivity index (χ4v) is 3.32. The number of ether oxygens (including phenoxy) is 1. The highest BCUT2D eigenvalue weighted by Gasteiger charge is 2.33. The molecule has 2 fully saturated rings. The van der Waals surface area contributed by atoms with Crippen LogP contribution < -0.4 is 4.74 Å². The van der Waals surface area contributed by atoms with Crippen LogP contribution in [0.25, 0.3) is 0 Å². The lowest BCUT2D eigenvalue weighted by molar-refractivity contribution is -0.385. The Kier molecular flexibility index (Phi) is 3.98. The van der Waals surface area contributed by atoms with E-state index in [-0.39, 0.29) is 17.3 Å². The van der Waals surface area contributed by atoms with Crippen LogP contribution in [0.1, 0.15) is 23.2 Å². The first-order valence-corrected chi connectivity index (χ1v) is 7.46. The van der Waals surface area contributed by atoms with Crippen LogP contribution in [0.5, 0.6) is 5.75 Å². The smallest absolute Gasteiger partial charge is 0.310 e. The minimum atomic E-state index is -0.510. The molecule has 1 amide bonds. The Labute approximate surface area is 128 Å². The molecule has 2 heterocycles. The van der Waals surface area contributed by atoms with Crippen molar-refractivity contribution in [1.29, 1.82) is 0 Å². The van der Waals surface area contributed by atoms with Gasteiger partial charge < -0.3 is 9.64 Å². The van der Waals surface area contributed by atoms with Gasteiger partial charge in [0.2, 0.25) is 0 Å². The number of nitrogens with zero attached hydrogens (tertiary/aromatic N) is 3. The van der Waals surface area contributed by atoms with Crippen molar-refractivity contribution in [3.8, 4) is 5.75 Å². The summed E-state index contributed by atoms with van der Waals surface area (Å²) >= 11 is 0. The van der Waals surface area contributed by atoms with Crippen LogP contribution in [0.15, 0.2) is 18.2 Å². The molecule has 22 heavy (non-hydrogen) atoms. The summed E-state index contributed by atoms with van der Waals surface area (Å²) in [7, 11) is 1.37. The van der Waals surface area contributed by atoms with Gasteiger partial charge in [0, 0.05) is 43.4 Å². The van der Waals surface area contributed by atoms with Crippen LogP contribution in [-0.4, -0.2) is 60.0 Å². The third-order valence-electron chi connectivity index (χ3n) is 4.50. The third kappa shape index (κ3) is 2.64. The zero-order valence-corrected chi connectivity index (χ0v) is 12.5. The molecule has 7 heteroatoms. The topological polar surface area (TPSA) is 75.9 Å². The molecule has 0 bridgehead atoms. The van der Waals surface area contributed by atoms with Crippen molar-refractivity contribution in [3.63, 3.8) is 0 Å². The first-order chi connectivity index (χ1) is 10.6. The molecular weight excluding hydrogens is 286 g/mol. The molecule has 3 rings (SSSR count). The second kappa shape index (κ2) is 5.92. The number of nitro groups is 1. The summed E-state index contributed by atoms with van der Waals surface area (Å²) in [6.07, 6.45) is 2.32. The van der Waals surface area contributed by atoms with Gasteiger partial charge in [0.05, 0.1) is 12.0 Å². The Bertz CT molecular complexity index is 604. The van der Waals surface area contributed by atoms with E-state index in [2.05, 4.69) is 4.90 Å². The number of benzene rings is 1. The van der Waals surface area contributed by atoms with Crippen molar-refractivity contribution >= 4 is 11.6 Å². The van der Waals surface area contributed by atoms with E-state index in [0.717, 1.165) is 26.1 Å². The van der Waals surface area contributed by atoms with Crippen LogP contribution in [-0.2, 0) is 0 Å². The zero-order valence-electron chi connectivity index (χ0n) is 12.5. The number of carbonyl (C=O) groups is 1. The van der Waals surface area contributed by atoms with Gasteiger partial charge in [-0.3, -0.25) is 19.8 Å². The number of methoxy groups -OCH3 is 1. The molecule has 2 aliphatic rings. The van der Waals surface area contributed by atoms with Crippen LogP contribution >= 0.6 is 0 Å². The van der Waals surface area contributed by atoms with E-state index in [9.17, 15) is 14.9 Å². The van der Waals surface area contributed by atoms with Gasteiger partial charge >= 0.3 is 5.69 Å². The molecule has 0 aliphatic carbocycles. The van der Waals surface area contributed by atoms with E-state index in [1.54, 1.807) is 0 Å². The van der Waals surface area contributed by atoms with Crippen molar-refractivity contribution < 1.29 is 14.5 Å². The fourth-order valence-electron chi connectivity index (χ4n) is 3.32. The normalized spacial score (nSPS) is 21.5. The van der Waals surface area contributed by atoms with Crippen molar-refractivity contribution in [3.05, 3.63) is 33.9 Å². The average molecular weight is 305 g/mol. The van der Waals surface area contributed by atoms with Gasteiger partial charge in [-0.1, -0.05) is 0 Å². The Morgan fingerprint density at radius 2 is 2.18 bits per heavy atom. The SMILES string of the molecule is COc1cc(C(=O)N2CCN3CCC[C@H]3C2)ccc1[N+](=O)[O-]. The van der Waals surface area contributed by atoms with Crippen molar-refractivity contribution in [2.75, 3.05) is 33.3 Å². The summed E-state index contributed by atoms with van der Waals surface area (Å²) in [6.45, 7) is 3.46. The van der Waals surface area contributed by atoms with Gasteiger partial charge in [-0.15, -0.1) is 0 Å². The van der Waals surface area contributed by atoms with Crippen LogP contribution in [0.2, 0.25) is 0 Å². The van der Waals surface area contributed by atoms with E-state index in [4.69, 9.17) is 4.74 Å². The molecule has 7 nitrogen and oxygen atoms in total. The predicted molar refractivity (Wildman–Crippen MR) is 80.1 cm³/mol. The van der Waals surface area contributed by atoms with E-state index < -0.39 is 4.92 Å². The van der Waals surface area contributed by atoms with E-state index >= 15 is 0 Å². The number of nitro benzene ring substituents is 1. The Hall–Kier alpha value is -2.15. The van der Waals surface area contributed by atoms with Crippen LogP contribution in [0.3, 0.4) is 0 Å². The van der Waals surface area contributed by atoms with Gasteiger partial charge in [0.15, 0.2) is 5.75 Å². The van der Waals surface area contributed by atoms with Gasteiger partial charge in [-0.25, -0.2) is 0 Å². The van der Waals surface area contributed by atoms with Gasteiger partial charge in [-0.2, -0.15) is 0 Å². The molecule has 1 aromatic rings. The monoisotopic (exact) mass is 305 g/mol. The van der Waals surface area contributed by atoms with Gasteiger partial charge in [0.25, 0.3) is 5.91 Å². The highest BCUT2D eigenvalue weighted by molar-refractivity contribution is 5.95. The molecule has 0 N–H and O–H groups in total. The average Bonchev–Trinajstić information content (AvgIpc) is 3.00. The minimum absolute atomic E-state index is 0.0836. The maximum Gasteiger partial charge on any atom is 0.310 e. The number of rotatable bonds is 3. The van der Waals surface area contributed by atoms with Gasteiger partial charge in [0.1, 0.15) is 0 Å². The van der Waals surface area contributed by atoms with E-state index in [1.807, 2.05) is 4.90 Å². The lowest BCUT2D eigenvalue weighted by atomic mass is 10.1. The standard InChI is InChI=1S/C15H19N3O4/c1-22-14-9-11(4-5-13(14)18(20)21)15(19)17-8-7-16-6-2-3-12(16)10-17/h4-5,9,12H,2-3,6-8,10H2,1H3/t12-/m0/s1. The quantitative estimate of drug-likeness (QED) is 0.625. The molecule has 0 unspecified atom stereocenters. The summed E-state index contributed by atoms with van der Waals surface area (Å²) < 4.78 is 5.03. The number of piperazine rings is 1. The summed E-state index contributed by atoms with van der Waals surface area (Å²) in [5.74, 6) is 0.0371. The molecule has 0 spiro atoms. The molecule has 0 aromatic heterocycles. The molecule has 1 aromatic carbocycles. The second-order valence-electron chi connectivity index (χ2n) is 5.73. The lowest BCUT2D eigenvalue weighted by Crippen LogP contribution is -2.52. The first-order valence-electron chi connectivity index (χ1n) is 7.46. The maximum absolute atomic E-state index is 12.6. The molecule has 2 saturated heterocycles. The number of carbonyl (C=O) groups excluding carboxylic acids is 1.